The molecule has 1 amide bonds. The molecule has 1 aliphatic heterocycles. The molecule has 2 fully saturated rings. The van der Waals surface area contributed by atoms with E-state index in [9.17, 15) is 14.7 Å². The van der Waals surface area contributed by atoms with Crippen molar-refractivity contribution in [1.29, 1.82) is 0 Å². The molecule has 108 valence electrons. The molecule has 0 bridgehead atoms. The third-order valence-electron chi connectivity index (χ3n) is 3.96. The summed E-state index contributed by atoms with van der Waals surface area (Å²) in [6.45, 7) is 0.461. The van der Waals surface area contributed by atoms with E-state index in [1.54, 1.807) is 0 Å². The minimum absolute atomic E-state index is 0.0973. The minimum Gasteiger partial charge on any atom is -0.480 e. The van der Waals surface area contributed by atoms with Crippen molar-refractivity contribution in [2.24, 2.45) is 0 Å². The molecule has 1 saturated carbocycles. The fraction of sp³-hybridized carbons (Fsp3) is 0.692. The van der Waals surface area contributed by atoms with Gasteiger partial charge < -0.3 is 10.0 Å². The number of carboxylic acids is 1. The topological polar surface area (TPSA) is 99.2 Å². The van der Waals surface area contributed by atoms with E-state index >= 15 is 0 Å². The van der Waals surface area contributed by atoms with Gasteiger partial charge in [0, 0.05) is 12.5 Å². The number of hydrogen-bond donors (Lipinski definition) is 2. The molecule has 1 aliphatic carbocycles. The molecule has 7 nitrogen and oxygen atoms in total. The van der Waals surface area contributed by atoms with Gasteiger partial charge in [0.05, 0.1) is 0 Å². The number of carbonyl (C=O) groups is 2. The molecule has 20 heavy (non-hydrogen) atoms. The summed E-state index contributed by atoms with van der Waals surface area (Å²) in [4.78, 5) is 29.4. The van der Waals surface area contributed by atoms with Crippen molar-refractivity contribution in [3.8, 4) is 0 Å². The van der Waals surface area contributed by atoms with Crippen LogP contribution in [0.1, 0.15) is 60.9 Å². The van der Waals surface area contributed by atoms with Gasteiger partial charge in [-0.25, -0.2) is 9.78 Å². The number of hydrogen-bond acceptors (Lipinski definition) is 4. The van der Waals surface area contributed by atoms with E-state index in [0.717, 1.165) is 37.9 Å². The third-order valence-corrected chi connectivity index (χ3v) is 3.96. The van der Waals surface area contributed by atoms with Gasteiger partial charge in [0.2, 0.25) is 5.82 Å². The van der Waals surface area contributed by atoms with Gasteiger partial charge >= 0.3 is 5.97 Å². The lowest BCUT2D eigenvalue weighted by Gasteiger charge is -2.25. The Morgan fingerprint density at radius 3 is 2.70 bits per heavy atom. The van der Waals surface area contributed by atoms with Crippen LogP contribution in [-0.4, -0.2) is 49.7 Å². The molecule has 1 unspecified atom stereocenters. The van der Waals surface area contributed by atoms with Gasteiger partial charge in [-0.1, -0.05) is 12.8 Å². The fourth-order valence-corrected chi connectivity index (χ4v) is 2.65. The van der Waals surface area contributed by atoms with E-state index in [0.29, 0.717) is 18.9 Å². The van der Waals surface area contributed by atoms with E-state index in [2.05, 4.69) is 15.2 Å². The summed E-state index contributed by atoms with van der Waals surface area (Å²) in [5, 5.41) is 16.0. The molecule has 1 aromatic rings. The first-order valence-corrected chi connectivity index (χ1v) is 7.13. The Morgan fingerprint density at radius 1 is 1.20 bits per heavy atom. The van der Waals surface area contributed by atoms with Crippen LogP contribution in [0, 0.1) is 0 Å². The van der Waals surface area contributed by atoms with E-state index in [4.69, 9.17) is 0 Å². The number of amides is 1. The van der Waals surface area contributed by atoms with Crippen molar-refractivity contribution in [2.45, 2.75) is 50.5 Å². The molecule has 0 spiro atoms. The van der Waals surface area contributed by atoms with Crippen LogP contribution in [0.4, 0.5) is 0 Å². The van der Waals surface area contributed by atoms with Crippen molar-refractivity contribution in [2.75, 3.05) is 6.54 Å². The lowest BCUT2D eigenvalue weighted by atomic mass is 10.1. The molecular formula is C13H18N4O3. The predicted octanol–water partition coefficient (Wildman–Crippen LogP) is 1.15. The zero-order valence-electron chi connectivity index (χ0n) is 11.2. The van der Waals surface area contributed by atoms with E-state index in [-0.39, 0.29) is 11.7 Å². The van der Waals surface area contributed by atoms with Crippen LogP contribution in [0.3, 0.4) is 0 Å². The Kier molecular flexibility index (Phi) is 3.42. The molecule has 7 heteroatoms. The maximum atomic E-state index is 12.4. The van der Waals surface area contributed by atoms with Crippen LogP contribution in [0.5, 0.6) is 0 Å². The second-order valence-corrected chi connectivity index (χ2v) is 5.52. The zero-order chi connectivity index (χ0) is 14.1. The maximum absolute atomic E-state index is 12.4. The first-order chi connectivity index (χ1) is 9.66. The molecule has 2 heterocycles. The van der Waals surface area contributed by atoms with Gasteiger partial charge in [-0.15, -0.1) is 5.10 Å². The number of carbonyl (C=O) groups excluding carboxylic acids is 1. The number of nitrogens with zero attached hydrogens (tertiary/aromatic N) is 3. The van der Waals surface area contributed by atoms with Crippen LogP contribution in [0.15, 0.2) is 0 Å². The standard InChI is InChI=1S/C13H18N4O3/c18-12(11-14-10(15-16-11)8-5-6-8)17-7-3-1-2-4-9(17)13(19)20/h8-9H,1-7H2,(H,19,20)(H,14,15,16). The summed E-state index contributed by atoms with van der Waals surface area (Å²) in [6.07, 6.45) is 5.27. The van der Waals surface area contributed by atoms with E-state index < -0.39 is 12.0 Å². The van der Waals surface area contributed by atoms with Gasteiger partial charge in [0.15, 0.2) is 0 Å². The molecule has 1 atom stereocenters. The summed E-state index contributed by atoms with van der Waals surface area (Å²) >= 11 is 0. The highest BCUT2D eigenvalue weighted by molar-refractivity contribution is 5.93. The van der Waals surface area contributed by atoms with Crippen molar-refractivity contribution in [3.05, 3.63) is 11.6 Å². The smallest absolute Gasteiger partial charge is 0.326 e. The van der Waals surface area contributed by atoms with Crippen molar-refractivity contribution >= 4 is 11.9 Å². The lowest BCUT2D eigenvalue weighted by molar-refractivity contribution is -0.142. The van der Waals surface area contributed by atoms with Crippen LogP contribution in [-0.2, 0) is 4.79 Å². The fourth-order valence-electron chi connectivity index (χ4n) is 2.65. The van der Waals surface area contributed by atoms with E-state index in [1.165, 1.54) is 4.90 Å². The maximum Gasteiger partial charge on any atom is 0.326 e. The average Bonchev–Trinajstić information content (AvgIpc) is 3.20. The second-order valence-electron chi connectivity index (χ2n) is 5.52. The highest BCUT2D eigenvalue weighted by atomic mass is 16.4. The average molecular weight is 278 g/mol. The number of rotatable bonds is 3. The highest BCUT2D eigenvalue weighted by Gasteiger charge is 2.34. The lowest BCUT2D eigenvalue weighted by Crippen LogP contribution is -2.45. The first-order valence-electron chi connectivity index (χ1n) is 7.13. The number of nitrogens with one attached hydrogen (secondary N) is 1. The Bertz CT molecular complexity index is 523. The SMILES string of the molecule is O=C(O)C1CCCCCN1C(=O)c1n[nH]c(C2CC2)n1. The molecule has 0 radical (unpaired) electrons. The van der Waals surface area contributed by atoms with Gasteiger partial charge in [-0.3, -0.25) is 9.89 Å². The summed E-state index contributed by atoms with van der Waals surface area (Å²) < 4.78 is 0. The van der Waals surface area contributed by atoms with Crippen molar-refractivity contribution in [3.63, 3.8) is 0 Å². The van der Waals surface area contributed by atoms with Crippen LogP contribution in [0.25, 0.3) is 0 Å². The molecule has 2 N–H and O–H groups in total. The Morgan fingerprint density at radius 2 is 2.00 bits per heavy atom. The van der Waals surface area contributed by atoms with Gasteiger partial charge in [-0.2, -0.15) is 0 Å². The summed E-state index contributed by atoms with van der Waals surface area (Å²) in [5.74, 6) is -0.0841. The molecule has 3 rings (SSSR count). The van der Waals surface area contributed by atoms with Crippen molar-refractivity contribution < 1.29 is 14.7 Å². The zero-order valence-corrected chi connectivity index (χ0v) is 11.2. The summed E-state index contributed by atoms with van der Waals surface area (Å²) in [6, 6.07) is -0.757. The Hall–Kier alpha value is -1.92. The van der Waals surface area contributed by atoms with Crippen LogP contribution < -0.4 is 0 Å². The Labute approximate surface area is 116 Å². The predicted molar refractivity (Wildman–Crippen MR) is 69.3 cm³/mol. The van der Waals surface area contributed by atoms with Crippen LogP contribution in [0.2, 0.25) is 0 Å². The molecule has 1 aromatic heterocycles. The van der Waals surface area contributed by atoms with Crippen molar-refractivity contribution in [1.82, 2.24) is 20.1 Å². The number of carboxylic acid groups (broad SMARTS) is 1. The number of H-pyrrole nitrogens is 1. The molecule has 0 aromatic carbocycles. The van der Waals surface area contributed by atoms with Gasteiger partial charge in [-0.05, 0) is 25.7 Å². The molecule has 1 saturated heterocycles. The largest absolute Gasteiger partial charge is 0.480 e. The van der Waals surface area contributed by atoms with Crippen LogP contribution >= 0.6 is 0 Å². The van der Waals surface area contributed by atoms with Gasteiger partial charge in [0.1, 0.15) is 11.9 Å². The number of likely N-dealkylation sites (tertiary alicyclic amines) is 1. The summed E-state index contributed by atoms with van der Waals surface area (Å²) in [5.41, 5.74) is 0. The molecule has 2 aliphatic rings. The van der Waals surface area contributed by atoms with Gasteiger partial charge in [0.25, 0.3) is 5.91 Å². The third kappa shape index (κ3) is 2.52. The first kappa shape index (κ1) is 13.1. The number of aliphatic carboxylic acids is 1. The normalized spacial score (nSPS) is 23.4. The van der Waals surface area contributed by atoms with E-state index in [1.807, 2.05) is 0 Å². The highest BCUT2D eigenvalue weighted by Crippen LogP contribution is 2.37. The quantitative estimate of drug-likeness (QED) is 0.864. The monoisotopic (exact) mass is 278 g/mol. The number of aromatic amines is 1. The molecular weight excluding hydrogens is 260 g/mol. The minimum atomic E-state index is -0.946. The summed E-state index contributed by atoms with van der Waals surface area (Å²) in [7, 11) is 0. The number of aromatic nitrogens is 3. The Balaban J connectivity index is 1.79. The second kappa shape index (κ2) is 5.22.